The van der Waals surface area contributed by atoms with Gasteiger partial charge in [0, 0.05) is 31.9 Å². The topological polar surface area (TPSA) is 42.0 Å². The second-order valence-electron chi connectivity index (χ2n) is 10.0. The molecule has 5 nitrogen and oxygen atoms in total. The Hall–Kier alpha value is -1.74. The van der Waals surface area contributed by atoms with E-state index >= 15 is 0 Å². The Bertz CT molecular complexity index is 849. The van der Waals surface area contributed by atoms with E-state index in [1.165, 1.54) is 4.90 Å². The smallest absolute Gasteiger partial charge is 0.399 e. The van der Waals surface area contributed by atoms with Crippen LogP contribution in [0.15, 0.2) is 24.3 Å². The first-order valence-electron chi connectivity index (χ1n) is 11.5. The number of benzene rings is 1. The minimum absolute atomic E-state index is 0.0869. The normalized spacial score (nSPS) is 27.0. The lowest BCUT2D eigenvalue weighted by Gasteiger charge is -2.38. The molecule has 9 heteroatoms. The molecule has 0 N–H and O–H groups in total. The van der Waals surface area contributed by atoms with Gasteiger partial charge in [-0.25, -0.2) is 0 Å². The van der Waals surface area contributed by atoms with Gasteiger partial charge in [-0.2, -0.15) is 13.2 Å². The number of nitrogens with zero attached hydrogens (tertiary/aromatic N) is 2. The highest BCUT2D eigenvalue weighted by atomic mass is 19.4. The number of carbonyl (C=O) groups excluding carboxylic acids is 1. The van der Waals surface area contributed by atoms with E-state index in [9.17, 15) is 18.0 Å². The number of piperazine rings is 1. The fourth-order valence-corrected chi connectivity index (χ4v) is 4.82. The first-order valence-corrected chi connectivity index (χ1v) is 11.5. The van der Waals surface area contributed by atoms with Gasteiger partial charge in [-0.05, 0) is 57.6 Å². The summed E-state index contributed by atoms with van der Waals surface area (Å²) in [7, 11) is -0.429. The van der Waals surface area contributed by atoms with Crippen LogP contribution < -0.4 is 10.4 Å². The Balaban J connectivity index is 1.37. The van der Waals surface area contributed by atoms with E-state index < -0.39 is 30.2 Å². The van der Waals surface area contributed by atoms with Gasteiger partial charge >= 0.3 is 13.3 Å². The summed E-state index contributed by atoms with van der Waals surface area (Å²) < 4.78 is 52.3. The van der Waals surface area contributed by atoms with Crippen molar-refractivity contribution < 1.29 is 27.3 Å². The lowest BCUT2D eigenvalue weighted by Crippen LogP contribution is -2.53. The summed E-state index contributed by atoms with van der Waals surface area (Å²) >= 11 is 0. The molecule has 2 heterocycles. The molecule has 176 valence electrons. The van der Waals surface area contributed by atoms with Gasteiger partial charge in [0.1, 0.15) is 5.41 Å². The Morgan fingerprint density at radius 3 is 2.12 bits per heavy atom. The zero-order valence-electron chi connectivity index (χ0n) is 19.3. The molecule has 3 aliphatic rings. The van der Waals surface area contributed by atoms with Gasteiger partial charge in [0.25, 0.3) is 0 Å². The number of amides is 1. The molecule has 2 saturated heterocycles. The van der Waals surface area contributed by atoms with Crippen molar-refractivity contribution in [3.8, 4) is 0 Å². The van der Waals surface area contributed by atoms with Crippen molar-refractivity contribution in [2.75, 3.05) is 31.1 Å². The highest BCUT2D eigenvalue weighted by molar-refractivity contribution is 6.62. The standard InChI is InChI=1S/C23H32BF3N2O3/c1-5-10-21(4)20(2,3)31-24(32-21)17-6-8-18(9-7-17)28-13-15-29(16-14-28)19(30)22(11-12-22)23(25,26)27/h6-9H,5,10-16H2,1-4H3. The number of hydrogen-bond acceptors (Lipinski definition) is 4. The van der Waals surface area contributed by atoms with E-state index in [2.05, 4.69) is 32.6 Å². The molecule has 1 aromatic rings. The van der Waals surface area contributed by atoms with Crippen LogP contribution in [0.25, 0.3) is 0 Å². The summed E-state index contributed by atoms with van der Waals surface area (Å²) in [5.41, 5.74) is -0.964. The van der Waals surface area contributed by atoms with Crippen LogP contribution in [0.3, 0.4) is 0 Å². The van der Waals surface area contributed by atoms with Crippen LogP contribution in [-0.4, -0.2) is 61.5 Å². The average Bonchev–Trinajstić information content (AvgIpc) is 3.51. The van der Waals surface area contributed by atoms with E-state index in [4.69, 9.17) is 9.31 Å². The van der Waals surface area contributed by atoms with Gasteiger partial charge < -0.3 is 19.1 Å². The molecule has 32 heavy (non-hydrogen) atoms. The van der Waals surface area contributed by atoms with Crippen molar-refractivity contribution in [1.82, 2.24) is 4.90 Å². The molecule has 0 radical (unpaired) electrons. The van der Waals surface area contributed by atoms with Gasteiger partial charge in [-0.15, -0.1) is 0 Å². The van der Waals surface area contributed by atoms with E-state index in [-0.39, 0.29) is 18.4 Å². The molecule has 1 saturated carbocycles. The second kappa shape index (κ2) is 7.94. The maximum absolute atomic E-state index is 13.3. The van der Waals surface area contributed by atoms with Crippen LogP contribution in [-0.2, 0) is 14.1 Å². The number of hydrogen-bond donors (Lipinski definition) is 0. The Morgan fingerprint density at radius 2 is 1.62 bits per heavy atom. The lowest BCUT2D eigenvalue weighted by atomic mass is 9.79. The van der Waals surface area contributed by atoms with Crippen LogP contribution in [0.5, 0.6) is 0 Å². The minimum atomic E-state index is -4.46. The number of alkyl halides is 3. The van der Waals surface area contributed by atoms with E-state index in [0.717, 1.165) is 24.0 Å². The predicted octanol–water partition coefficient (Wildman–Crippen LogP) is 3.76. The minimum Gasteiger partial charge on any atom is -0.399 e. The molecule has 0 aromatic heterocycles. The van der Waals surface area contributed by atoms with Crippen LogP contribution in [0.4, 0.5) is 18.9 Å². The molecule has 1 amide bonds. The Labute approximate surface area is 188 Å². The third-order valence-electron chi connectivity index (χ3n) is 7.57. The molecule has 0 spiro atoms. The maximum Gasteiger partial charge on any atom is 0.494 e. The van der Waals surface area contributed by atoms with Crippen LogP contribution >= 0.6 is 0 Å². The molecule has 1 unspecified atom stereocenters. The largest absolute Gasteiger partial charge is 0.494 e. The van der Waals surface area contributed by atoms with Crippen molar-refractivity contribution in [3.05, 3.63) is 24.3 Å². The first kappa shape index (κ1) is 23.4. The summed E-state index contributed by atoms with van der Waals surface area (Å²) in [4.78, 5) is 16.0. The summed E-state index contributed by atoms with van der Waals surface area (Å²) in [5, 5.41) is 0. The highest BCUT2D eigenvalue weighted by Crippen LogP contribution is 2.58. The number of anilines is 1. The molecule has 1 atom stereocenters. The van der Waals surface area contributed by atoms with Gasteiger partial charge in [-0.1, -0.05) is 25.5 Å². The summed E-state index contributed by atoms with van der Waals surface area (Å²) in [6, 6.07) is 7.93. The third kappa shape index (κ3) is 3.91. The van der Waals surface area contributed by atoms with Crippen molar-refractivity contribution in [3.63, 3.8) is 0 Å². The third-order valence-corrected chi connectivity index (χ3v) is 7.57. The number of carbonyl (C=O) groups is 1. The fraction of sp³-hybridized carbons (Fsp3) is 0.696. The van der Waals surface area contributed by atoms with Gasteiger partial charge in [-0.3, -0.25) is 4.79 Å². The molecule has 3 fully saturated rings. The van der Waals surface area contributed by atoms with E-state index in [0.29, 0.717) is 26.2 Å². The first-order chi connectivity index (χ1) is 14.9. The zero-order valence-corrected chi connectivity index (χ0v) is 19.3. The maximum atomic E-state index is 13.3. The highest BCUT2D eigenvalue weighted by Gasteiger charge is 2.69. The molecule has 4 rings (SSSR count). The molecular formula is C23H32BF3N2O3. The van der Waals surface area contributed by atoms with Crippen molar-refractivity contribution >= 4 is 24.2 Å². The average molecular weight is 452 g/mol. The van der Waals surface area contributed by atoms with E-state index in [1.807, 2.05) is 24.3 Å². The fourth-order valence-electron chi connectivity index (χ4n) is 4.82. The number of rotatable bonds is 5. The second-order valence-corrected chi connectivity index (χ2v) is 10.0. The van der Waals surface area contributed by atoms with Gasteiger partial charge in [0.15, 0.2) is 0 Å². The zero-order chi connectivity index (χ0) is 23.4. The van der Waals surface area contributed by atoms with Gasteiger partial charge in [0.05, 0.1) is 11.2 Å². The van der Waals surface area contributed by atoms with Crippen molar-refractivity contribution in [1.29, 1.82) is 0 Å². The van der Waals surface area contributed by atoms with Crippen LogP contribution in [0.1, 0.15) is 53.4 Å². The SMILES string of the molecule is CCCC1(C)OB(c2ccc(N3CCN(C(=O)C4(C(F)(F)F)CC4)CC3)cc2)OC1(C)C. The molecular weight excluding hydrogens is 420 g/mol. The molecule has 1 aliphatic carbocycles. The van der Waals surface area contributed by atoms with E-state index in [1.54, 1.807) is 0 Å². The molecule has 1 aromatic carbocycles. The molecule has 2 aliphatic heterocycles. The molecule has 0 bridgehead atoms. The number of halogens is 3. The quantitative estimate of drug-likeness (QED) is 0.639. The summed E-state index contributed by atoms with van der Waals surface area (Å²) in [6.07, 6.45) is -2.71. The van der Waals surface area contributed by atoms with Crippen LogP contribution in [0, 0.1) is 5.41 Å². The summed E-state index contributed by atoms with van der Waals surface area (Å²) in [6.45, 7) is 9.97. The monoisotopic (exact) mass is 452 g/mol. The Kier molecular flexibility index (Phi) is 5.81. The van der Waals surface area contributed by atoms with Crippen molar-refractivity contribution in [2.45, 2.75) is 70.8 Å². The lowest BCUT2D eigenvalue weighted by molar-refractivity contribution is -0.198. The Morgan fingerprint density at radius 1 is 1.03 bits per heavy atom. The predicted molar refractivity (Wildman–Crippen MR) is 118 cm³/mol. The summed E-state index contributed by atoms with van der Waals surface area (Å²) in [5.74, 6) is -0.756. The van der Waals surface area contributed by atoms with Crippen molar-refractivity contribution in [2.24, 2.45) is 5.41 Å². The van der Waals surface area contributed by atoms with Crippen LogP contribution in [0.2, 0.25) is 0 Å². The van der Waals surface area contributed by atoms with Gasteiger partial charge in [0.2, 0.25) is 5.91 Å².